The highest BCUT2D eigenvalue weighted by atomic mass is 32.2. The number of carboxylic acid groups (broad SMARTS) is 1. The lowest BCUT2D eigenvalue weighted by Crippen LogP contribution is -2.35. The summed E-state index contributed by atoms with van der Waals surface area (Å²) in [5, 5.41) is 10.4. The minimum Gasteiger partial charge on any atom is -0.479 e. The van der Waals surface area contributed by atoms with Crippen LogP contribution in [0.25, 0.3) is 22.3 Å². The van der Waals surface area contributed by atoms with Gasteiger partial charge in [-0.25, -0.2) is 13.2 Å². The quantitative estimate of drug-likeness (QED) is 0.450. The molecule has 37 heavy (non-hydrogen) atoms. The van der Waals surface area contributed by atoms with Gasteiger partial charge in [0.25, 0.3) is 0 Å². The van der Waals surface area contributed by atoms with Crippen LogP contribution in [0.3, 0.4) is 0 Å². The molecule has 0 aliphatic carbocycles. The molecular weight excluding hydrogens is 488 g/mol. The van der Waals surface area contributed by atoms with Crippen LogP contribution in [0.4, 0.5) is 5.69 Å². The van der Waals surface area contributed by atoms with E-state index >= 15 is 0 Å². The minimum atomic E-state index is -3.71. The predicted molar refractivity (Wildman–Crippen MR) is 146 cm³/mol. The molecule has 1 aliphatic rings. The van der Waals surface area contributed by atoms with E-state index in [1.807, 2.05) is 77.9 Å². The van der Waals surface area contributed by atoms with Crippen LogP contribution in [0, 0.1) is 27.7 Å². The molecule has 2 heterocycles. The number of aromatic nitrogens is 1. The number of hydrogen-bond donors (Lipinski definition) is 1. The van der Waals surface area contributed by atoms with Crippen LogP contribution in [0.15, 0.2) is 36.4 Å². The molecule has 0 spiro atoms. The summed E-state index contributed by atoms with van der Waals surface area (Å²) in [5.41, 5.74) is 7.23. The van der Waals surface area contributed by atoms with Crippen LogP contribution in [-0.4, -0.2) is 36.3 Å². The van der Waals surface area contributed by atoms with Crippen LogP contribution < -0.4 is 4.31 Å². The second kappa shape index (κ2) is 9.26. The number of fused-ring (bicyclic) bond motifs is 3. The molecule has 196 valence electrons. The molecule has 0 saturated heterocycles. The van der Waals surface area contributed by atoms with Crippen molar-refractivity contribution in [2.45, 2.75) is 66.7 Å². The van der Waals surface area contributed by atoms with E-state index in [2.05, 4.69) is 4.98 Å². The van der Waals surface area contributed by atoms with Crippen molar-refractivity contribution in [1.29, 1.82) is 0 Å². The molecular formula is C29H34N2O5S. The first kappa shape index (κ1) is 26.8. The maximum atomic E-state index is 13.1. The van der Waals surface area contributed by atoms with Gasteiger partial charge in [0.15, 0.2) is 6.10 Å². The second-order valence-electron chi connectivity index (χ2n) is 10.8. The Bertz CT molecular complexity index is 1500. The Hall–Kier alpha value is -3.23. The summed E-state index contributed by atoms with van der Waals surface area (Å²) < 4.78 is 33.7. The van der Waals surface area contributed by atoms with Crippen molar-refractivity contribution in [2.24, 2.45) is 0 Å². The number of carbonyl (C=O) groups is 1. The molecule has 0 fully saturated rings. The number of aryl methyl sites for hydroxylation is 2. The minimum absolute atomic E-state index is 0.0737. The first-order valence-electron chi connectivity index (χ1n) is 12.2. The average Bonchev–Trinajstić information content (AvgIpc) is 2.78. The van der Waals surface area contributed by atoms with Gasteiger partial charge in [-0.05, 0) is 76.8 Å². The molecule has 0 saturated carbocycles. The number of nitrogens with zero attached hydrogens (tertiary/aromatic N) is 2. The van der Waals surface area contributed by atoms with E-state index in [9.17, 15) is 18.3 Å². The van der Waals surface area contributed by atoms with E-state index in [0.29, 0.717) is 22.5 Å². The number of pyridine rings is 1. The van der Waals surface area contributed by atoms with E-state index in [1.54, 1.807) is 6.92 Å². The number of rotatable bonds is 5. The lowest BCUT2D eigenvalue weighted by Gasteiger charge is -2.37. The van der Waals surface area contributed by atoms with Crippen molar-refractivity contribution in [3.8, 4) is 22.3 Å². The molecule has 0 amide bonds. The number of hydrogen-bond acceptors (Lipinski definition) is 5. The smallest absolute Gasteiger partial charge is 0.337 e. The Balaban J connectivity index is 2.21. The van der Waals surface area contributed by atoms with Crippen molar-refractivity contribution in [1.82, 2.24) is 4.98 Å². The predicted octanol–water partition coefficient (Wildman–Crippen LogP) is 5.87. The SMILES string of the molecule is Cc1ccc(-c2c(C)c3c(c(C)c2[C@H](OC(C)(C)C)C(=O)O)N(S(C)(=O)=O)Cc2nc(C)ccc2-3)cc1. The van der Waals surface area contributed by atoms with Crippen LogP contribution >= 0.6 is 0 Å². The Morgan fingerprint density at radius 3 is 2.16 bits per heavy atom. The largest absolute Gasteiger partial charge is 0.479 e. The zero-order valence-electron chi connectivity index (χ0n) is 22.6. The molecule has 1 atom stereocenters. The molecule has 8 heteroatoms. The highest BCUT2D eigenvalue weighted by Crippen LogP contribution is 2.51. The number of carboxylic acids is 1. The summed E-state index contributed by atoms with van der Waals surface area (Å²) in [7, 11) is -3.71. The summed E-state index contributed by atoms with van der Waals surface area (Å²) >= 11 is 0. The molecule has 0 unspecified atom stereocenters. The zero-order valence-corrected chi connectivity index (χ0v) is 23.4. The monoisotopic (exact) mass is 522 g/mol. The van der Waals surface area contributed by atoms with Gasteiger partial charge in [-0.2, -0.15) is 0 Å². The fraction of sp³-hybridized carbons (Fsp3) is 0.379. The third-order valence-corrected chi connectivity index (χ3v) is 7.75. The lowest BCUT2D eigenvalue weighted by atomic mass is 9.81. The fourth-order valence-electron chi connectivity index (χ4n) is 5.11. The van der Waals surface area contributed by atoms with E-state index in [4.69, 9.17) is 4.74 Å². The van der Waals surface area contributed by atoms with Crippen molar-refractivity contribution in [3.63, 3.8) is 0 Å². The van der Waals surface area contributed by atoms with Gasteiger partial charge >= 0.3 is 5.97 Å². The molecule has 1 N–H and O–H groups in total. The molecule has 1 aliphatic heterocycles. The normalized spacial score (nSPS) is 14.2. The maximum Gasteiger partial charge on any atom is 0.337 e. The highest BCUT2D eigenvalue weighted by Gasteiger charge is 2.38. The number of sulfonamides is 1. The molecule has 0 radical (unpaired) electrons. The lowest BCUT2D eigenvalue weighted by molar-refractivity contribution is -0.160. The van der Waals surface area contributed by atoms with E-state index < -0.39 is 27.7 Å². The van der Waals surface area contributed by atoms with Gasteiger partial charge in [0, 0.05) is 22.4 Å². The fourth-order valence-corrected chi connectivity index (χ4v) is 6.03. The molecule has 3 aromatic rings. The van der Waals surface area contributed by atoms with E-state index in [1.165, 1.54) is 10.6 Å². The van der Waals surface area contributed by atoms with Crippen LogP contribution in [0.2, 0.25) is 0 Å². The standard InChI is InChI=1S/C29H34N2O5S/c1-16-9-12-20(13-10-16)23-18(3)24-21-14-11-17(2)30-22(21)15-31(37(8,34)35)26(24)19(4)25(23)27(28(32)33)36-29(5,6)7/h9-14,27H,15H2,1-8H3,(H,32,33)/t27-/m0/s1. The van der Waals surface area contributed by atoms with E-state index in [-0.39, 0.29) is 6.54 Å². The van der Waals surface area contributed by atoms with Crippen LogP contribution in [0.5, 0.6) is 0 Å². The summed E-state index contributed by atoms with van der Waals surface area (Å²) in [6.07, 6.45) is -0.139. The number of aliphatic carboxylic acids is 1. The van der Waals surface area contributed by atoms with Crippen molar-refractivity contribution in [3.05, 3.63) is 70.0 Å². The zero-order chi connectivity index (χ0) is 27.4. The number of anilines is 1. The topological polar surface area (TPSA) is 96.8 Å². The Kier molecular flexibility index (Phi) is 6.71. The highest BCUT2D eigenvalue weighted by molar-refractivity contribution is 7.92. The van der Waals surface area contributed by atoms with Crippen LogP contribution in [-0.2, 0) is 26.1 Å². The number of ether oxygens (including phenoxy) is 1. The van der Waals surface area contributed by atoms with Crippen molar-refractivity contribution in [2.75, 3.05) is 10.6 Å². The summed E-state index contributed by atoms with van der Waals surface area (Å²) in [5.74, 6) is -1.13. The molecule has 1 aromatic heterocycles. The Morgan fingerprint density at radius 1 is 1.00 bits per heavy atom. The van der Waals surface area contributed by atoms with E-state index in [0.717, 1.165) is 39.1 Å². The van der Waals surface area contributed by atoms with Gasteiger partial charge in [-0.3, -0.25) is 9.29 Å². The molecule has 2 aromatic carbocycles. The van der Waals surface area contributed by atoms with Gasteiger partial charge in [0.05, 0.1) is 29.8 Å². The summed E-state index contributed by atoms with van der Waals surface area (Å²) in [4.78, 5) is 17.4. The average molecular weight is 523 g/mol. The molecule has 4 rings (SSSR count). The number of benzene rings is 2. The molecule has 0 bridgehead atoms. The Morgan fingerprint density at radius 2 is 1.62 bits per heavy atom. The van der Waals surface area contributed by atoms with Gasteiger partial charge in [-0.1, -0.05) is 35.9 Å². The van der Waals surface area contributed by atoms with Gasteiger partial charge in [0.1, 0.15) is 0 Å². The second-order valence-corrected chi connectivity index (χ2v) is 12.7. The third kappa shape index (κ3) is 5.00. The van der Waals surface area contributed by atoms with Gasteiger partial charge in [0.2, 0.25) is 10.0 Å². The molecule has 7 nitrogen and oxygen atoms in total. The van der Waals surface area contributed by atoms with Crippen molar-refractivity contribution < 1.29 is 23.1 Å². The summed E-state index contributed by atoms with van der Waals surface area (Å²) in [6.45, 7) is 13.1. The van der Waals surface area contributed by atoms with Crippen LogP contribution in [0.1, 0.15) is 60.5 Å². The first-order chi connectivity index (χ1) is 17.1. The first-order valence-corrected chi connectivity index (χ1v) is 14.0. The maximum absolute atomic E-state index is 13.1. The Labute approximate surface area is 219 Å². The summed E-state index contributed by atoms with van der Waals surface area (Å²) in [6, 6.07) is 11.8. The third-order valence-electron chi connectivity index (χ3n) is 6.64. The van der Waals surface area contributed by atoms with Gasteiger partial charge in [-0.15, -0.1) is 0 Å². The van der Waals surface area contributed by atoms with Gasteiger partial charge < -0.3 is 9.84 Å². The van der Waals surface area contributed by atoms with Crippen molar-refractivity contribution >= 4 is 21.7 Å².